The summed E-state index contributed by atoms with van der Waals surface area (Å²) in [5.41, 5.74) is 3.90. The molecule has 0 saturated heterocycles. The normalized spacial score (nSPS) is 14.5. The molecule has 0 unspecified atom stereocenters. The molecule has 4 aromatic carbocycles. The highest BCUT2D eigenvalue weighted by molar-refractivity contribution is 9.10. The van der Waals surface area contributed by atoms with Gasteiger partial charge in [0.1, 0.15) is 18.1 Å². The molecule has 1 aliphatic heterocycles. The molecule has 1 amide bonds. The summed E-state index contributed by atoms with van der Waals surface area (Å²) in [6.07, 6.45) is 1.82. The van der Waals surface area contributed by atoms with Gasteiger partial charge in [-0.1, -0.05) is 87.9 Å². The molecule has 0 radical (unpaired) electrons. The standard InChI is InChI=1S/C35H28BrN3O4S/c1-22-31(33(40)38-27-11-7-4-8-12-27)32(24-13-16-28(42-2)17-14-24)39-34(41)30(44-35(39)37-22)20-25-19-26(36)15-18-29(25)43-21-23-9-5-3-6-10-23/h3-20,32H,21H2,1-2H3,(H,38,40)/b30-20+/t32-/m0/s1. The summed E-state index contributed by atoms with van der Waals surface area (Å²) in [6.45, 7) is 2.19. The number of amides is 1. The molecule has 6 rings (SSSR count). The van der Waals surface area contributed by atoms with E-state index < -0.39 is 6.04 Å². The van der Waals surface area contributed by atoms with Crippen LogP contribution in [-0.2, 0) is 11.4 Å². The van der Waals surface area contributed by atoms with Crippen molar-refractivity contribution in [2.75, 3.05) is 12.4 Å². The summed E-state index contributed by atoms with van der Waals surface area (Å²) >= 11 is 4.84. The summed E-state index contributed by atoms with van der Waals surface area (Å²) in [6, 6.07) is 31.6. The third-order valence-corrected chi connectivity index (χ3v) is 8.70. The molecule has 0 saturated carbocycles. The molecule has 0 bridgehead atoms. The summed E-state index contributed by atoms with van der Waals surface area (Å²) in [4.78, 5) is 33.2. The fourth-order valence-corrected chi connectivity index (χ4v) is 6.49. The minimum absolute atomic E-state index is 0.249. The van der Waals surface area contributed by atoms with Gasteiger partial charge in [-0.25, -0.2) is 4.99 Å². The molecule has 5 aromatic rings. The predicted octanol–water partition coefficient (Wildman–Crippen LogP) is 6.22. The molecule has 1 aliphatic rings. The molecule has 1 N–H and O–H groups in total. The maximum atomic E-state index is 14.2. The van der Waals surface area contributed by atoms with Crippen LogP contribution in [0, 0.1) is 0 Å². The van der Waals surface area contributed by atoms with Crippen LogP contribution in [-0.4, -0.2) is 17.6 Å². The number of para-hydroxylation sites is 1. The van der Waals surface area contributed by atoms with E-state index >= 15 is 0 Å². The SMILES string of the molecule is COc1ccc([C@H]2C(C(=O)Nc3ccccc3)=C(C)N=c3s/c(=C/c4cc(Br)ccc4OCc4ccccc4)c(=O)n32)cc1. The van der Waals surface area contributed by atoms with Crippen LogP contribution < -0.4 is 29.7 Å². The largest absolute Gasteiger partial charge is 0.497 e. The van der Waals surface area contributed by atoms with Gasteiger partial charge in [-0.05, 0) is 66.6 Å². The second-order valence-electron chi connectivity index (χ2n) is 10.1. The molecular weight excluding hydrogens is 638 g/mol. The zero-order valence-corrected chi connectivity index (χ0v) is 26.4. The van der Waals surface area contributed by atoms with Crippen molar-refractivity contribution in [3.8, 4) is 11.5 Å². The van der Waals surface area contributed by atoms with E-state index in [2.05, 4.69) is 21.2 Å². The Labute approximate surface area is 266 Å². The molecule has 7 nitrogen and oxygen atoms in total. The van der Waals surface area contributed by atoms with E-state index in [0.29, 0.717) is 44.4 Å². The smallest absolute Gasteiger partial charge is 0.271 e. The molecule has 9 heteroatoms. The molecule has 0 spiro atoms. The molecule has 44 heavy (non-hydrogen) atoms. The Morgan fingerprint density at radius 1 is 1.00 bits per heavy atom. The molecule has 0 fully saturated rings. The van der Waals surface area contributed by atoms with E-state index in [1.165, 1.54) is 11.3 Å². The van der Waals surface area contributed by atoms with E-state index in [4.69, 9.17) is 14.5 Å². The number of anilines is 1. The second-order valence-corrected chi connectivity index (χ2v) is 12.1. The number of aromatic nitrogens is 1. The summed E-state index contributed by atoms with van der Waals surface area (Å²) in [7, 11) is 1.60. The lowest BCUT2D eigenvalue weighted by molar-refractivity contribution is -0.113. The highest BCUT2D eigenvalue weighted by atomic mass is 79.9. The van der Waals surface area contributed by atoms with Crippen molar-refractivity contribution in [1.82, 2.24) is 4.57 Å². The number of methoxy groups -OCH3 is 1. The van der Waals surface area contributed by atoms with Crippen LogP contribution in [0.1, 0.15) is 29.7 Å². The van der Waals surface area contributed by atoms with Gasteiger partial charge in [0.15, 0.2) is 4.80 Å². The van der Waals surface area contributed by atoms with E-state index in [-0.39, 0.29) is 11.5 Å². The first-order valence-corrected chi connectivity index (χ1v) is 15.5. The Morgan fingerprint density at radius 2 is 1.70 bits per heavy atom. The van der Waals surface area contributed by atoms with Gasteiger partial charge in [-0.3, -0.25) is 14.2 Å². The maximum Gasteiger partial charge on any atom is 0.271 e. The Morgan fingerprint density at radius 3 is 2.41 bits per heavy atom. The van der Waals surface area contributed by atoms with Gasteiger partial charge >= 0.3 is 0 Å². The minimum atomic E-state index is -0.695. The Hall–Kier alpha value is -4.73. The van der Waals surface area contributed by atoms with Crippen molar-refractivity contribution in [3.05, 3.63) is 155 Å². The summed E-state index contributed by atoms with van der Waals surface area (Å²) in [5.74, 6) is 1.000. The van der Waals surface area contributed by atoms with Gasteiger partial charge in [-0.2, -0.15) is 0 Å². The van der Waals surface area contributed by atoms with Crippen LogP contribution in [0.25, 0.3) is 6.08 Å². The van der Waals surface area contributed by atoms with Crippen LogP contribution >= 0.6 is 27.3 Å². The zero-order chi connectivity index (χ0) is 30.6. The highest BCUT2D eigenvalue weighted by Gasteiger charge is 2.32. The molecule has 0 aliphatic carbocycles. The van der Waals surface area contributed by atoms with Crippen LogP contribution in [0.2, 0.25) is 0 Å². The minimum Gasteiger partial charge on any atom is -0.497 e. The third-order valence-electron chi connectivity index (χ3n) is 7.23. The number of hydrogen-bond acceptors (Lipinski definition) is 6. The monoisotopic (exact) mass is 665 g/mol. The number of halogens is 1. The lowest BCUT2D eigenvalue weighted by atomic mass is 9.95. The number of nitrogens with one attached hydrogen (secondary N) is 1. The number of thiazole rings is 1. The first-order valence-electron chi connectivity index (χ1n) is 13.9. The predicted molar refractivity (Wildman–Crippen MR) is 177 cm³/mol. The molecular formula is C35H28BrN3O4S. The van der Waals surface area contributed by atoms with Crippen molar-refractivity contribution in [1.29, 1.82) is 0 Å². The van der Waals surface area contributed by atoms with Gasteiger partial charge < -0.3 is 14.8 Å². The van der Waals surface area contributed by atoms with E-state index in [9.17, 15) is 9.59 Å². The van der Waals surface area contributed by atoms with Crippen molar-refractivity contribution < 1.29 is 14.3 Å². The van der Waals surface area contributed by atoms with E-state index in [1.807, 2.05) is 109 Å². The number of ether oxygens (including phenoxy) is 2. The number of fused-ring (bicyclic) bond motifs is 1. The van der Waals surface area contributed by atoms with E-state index in [1.54, 1.807) is 18.6 Å². The Balaban J connectivity index is 1.45. The number of hydrogen-bond donors (Lipinski definition) is 1. The highest BCUT2D eigenvalue weighted by Crippen LogP contribution is 2.32. The Bertz CT molecular complexity index is 2040. The van der Waals surface area contributed by atoms with Crippen LogP contribution in [0.4, 0.5) is 5.69 Å². The van der Waals surface area contributed by atoms with Crippen molar-refractivity contribution in [3.63, 3.8) is 0 Å². The van der Waals surface area contributed by atoms with Crippen LogP contribution in [0.3, 0.4) is 0 Å². The first kappa shape index (κ1) is 29.3. The molecule has 1 aromatic heterocycles. The number of carbonyl (C=O) groups is 1. The van der Waals surface area contributed by atoms with E-state index in [0.717, 1.165) is 21.2 Å². The molecule has 2 heterocycles. The van der Waals surface area contributed by atoms with Crippen molar-refractivity contribution in [2.24, 2.45) is 4.99 Å². The van der Waals surface area contributed by atoms with Gasteiger partial charge in [0, 0.05) is 15.7 Å². The number of rotatable bonds is 8. The van der Waals surface area contributed by atoms with Crippen LogP contribution in [0.5, 0.6) is 11.5 Å². The fourth-order valence-electron chi connectivity index (χ4n) is 5.07. The third kappa shape index (κ3) is 6.15. The van der Waals surface area contributed by atoms with Gasteiger partial charge in [0.25, 0.3) is 11.5 Å². The molecule has 220 valence electrons. The Kier molecular flexibility index (Phi) is 8.58. The molecule has 1 atom stereocenters. The lowest BCUT2D eigenvalue weighted by Gasteiger charge is -2.25. The number of allylic oxidation sites excluding steroid dienone is 1. The van der Waals surface area contributed by atoms with Gasteiger partial charge in [0.05, 0.1) is 29.0 Å². The summed E-state index contributed by atoms with van der Waals surface area (Å²) in [5, 5.41) is 2.98. The number of carbonyl (C=O) groups excluding carboxylic acids is 1. The summed E-state index contributed by atoms with van der Waals surface area (Å²) < 4.78 is 14.5. The van der Waals surface area contributed by atoms with Crippen LogP contribution in [0.15, 0.2) is 129 Å². The first-order chi connectivity index (χ1) is 21.4. The van der Waals surface area contributed by atoms with Crippen molar-refractivity contribution in [2.45, 2.75) is 19.6 Å². The van der Waals surface area contributed by atoms with Crippen molar-refractivity contribution >= 4 is 44.9 Å². The quantitative estimate of drug-likeness (QED) is 0.213. The zero-order valence-electron chi connectivity index (χ0n) is 24.0. The number of benzene rings is 4. The van der Waals surface area contributed by atoms with Gasteiger partial charge in [-0.15, -0.1) is 0 Å². The fraction of sp³-hybridized carbons (Fsp3) is 0.114. The topological polar surface area (TPSA) is 81.9 Å². The average Bonchev–Trinajstić information content (AvgIpc) is 3.34. The lowest BCUT2D eigenvalue weighted by Crippen LogP contribution is -2.40. The second kappa shape index (κ2) is 12.9. The average molecular weight is 667 g/mol. The maximum absolute atomic E-state index is 14.2. The van der Waals surface area contributed by atoms with Gasteiger partial charge in [0.2, 0.25) is 0 Å². The number of nitrogens with zero attached hydrogens (tertiary/aromatic N) is 2.